The van der Waals surface area contributed by atoms with Gasteiger partial charge in [0.05, 0.1) is 22.5 Å². The van der Waals surface area contributed by atoms with Crippen LogP contribution < -0.4 is 9.46 Å². The van der Waals surface area contributed by atoms with Crippen LogP contribution in [0.2, 0.25) is 5.02 Å². The Bertz CT molecular complexity index is 1310. The van der Waals surface area contributed by atoms with Gasteiger partial charge in [-0.3, -0.25) is 13.5 Å². The molecular formula is C20H15ClN2O3S2. The summed E-state index contributed by atoms with van der Waals surface area (Å²) >= 11 is 7.12. The number of halogens is 1. The SMILES string of the molecule is O=c1sn(Cc2ccccc2)c2ccc(NS(=O)(=O)c3ccccc3Cl)cc12. The van der Waals surface area contributed by atoms with Crippen LogP contribution in [0.4, 0.5) is 5.69 Å². The Kier molecular flexibility index (Phi) is 4.97. The monoisotopic (exact) mass is 430 g/mol. The number of nitrogens with one attached hydrogen (secondary N) is 1. The smallest absolute Gasteiger partial charge is 0.263 e. The van der Waals surface area contributed by atoms with Crippen molar-refractivity contribution in [1.29, 1.82) is 0 Å². The second-order valence-corrected chi connectivity index (χ2v) is 9.22. The molecule has 1 heterocycles. The van der Waals surface area contributed by atoms with Crippen LogP contribution in [0.1, 0.15) is 5.56 Å². The molecule has 0 fully saturated rings. The molecule has 1 aromatic heterocycles. The van der Waals surface area contributed by atoms with Gasteiger partial charge in [0, 0.05) is 5.69 Å². The van der Waals surface area contributed by atoms with E-state index in [0.717, 1.165) is 22.6 Å². The molecule has 0 aliphatic rings. The lowest BCUT2D eigenvalue weighted by molar-refractivity contribution is 0.601. The summed E-state index contributed by atoms with van der Waals surface area (Å²) < 4.78 is 29.5. The topological polar surface area (TPSA) is 68.2 Å². The summed E-state index contributed by atoms with van der Waals surface area (Å²) in [5, 5.41) is 0.608. The Morgan fingerprint density at radius 2 is 1.68 bits per heavy atom. The molecule has 5 nitrogen and oxygen atoms in total. The van der Waals surface area contributed by atoms with Gasteiger partial charge in [-0.15, -0.1) is 0 Å². The van der Waals surface area contributed by atoms with Gasteiger partial charge in [0.15, 0.2) is 0 Å². The van der Waals surface area contributed by atoms with Crippen LogP contribution in [0.15, 0.2) is 82.5 Å². The zero-order valence-electron chi connectivity index (χ0n) is 14.5. The van der Waals surface area contributed by atoms with Crippen LogP contribution in [0.25, 0.3) is 10.9 Å². The maximum absolute atomic E-state index is 12.6. The Morgan fingerprint density at radius 3 is 2.43 bits per heavy atom. The van der Waals surface area contributed by atoms with Crippen molar-refractivity contribution in [2.45, 2.75) is 11.4 Å². The normalized spacial score (nSPS) is 11.6. The maximum Gasteiger partial charge on any atom is 0.263 e. The molecule has 142 valence electrons. The molecule has 4 aromatic rings. The number of sulfonamides is 1. The molecule has 0 unspecified atom stereocenters. The summed E-state index contributed by atoms with van der Waals surface area (Å²) in [6.07, 6.45) is 0. The van der Waals surface area contributed by atoms with E-state index in [4.69, 9.17) is 11.6 Å². The zero-order chi connectivity index (χ0) is 19.7. The highest BCUT2D eigenvalue weighted by atomic mass is 35.5. The molecular weight excluding hydrogens is 416 g/mol. The highest BCUT2D eigenvalue weighted by Gasteiger charge is 2.18. The van der Waals surface area contributed by atoms with Crippen molar-refractivity contribution in [2.75, 3.05) is 4.72 Å². The van der Waals surface area contributed by atoms with E-state index in [9.17, 15) is 13.2 Å². The molecule has 8 heteroatoms. The lowest BCUT2D eigenvalue weighted by atomic mass is 10.2. The maximum atomic E-state index is 12.6. The van der Waals surface area contributed by atoms with E-state index in [-0.39, 0.29) is 14.7 Å². The van der Waals surface area contributed by atoms with Crippen molar-refractivity contribution in [2.24, 2.45) is 0 Å². The molecule has 0 saturated heterocycles. The second kappa shape index (κ2) is 7.43. The van der Waals surface area contributed by atoms with Crippen LogP contribution in [0.5, 0.6) is 0 Å². The van der Waals surface area contributed by atoms with Crippen molar-refractivity contribution >= 4 is 49.7 Å². The summed E-state index contributed by atoms with van der Waals surface area (Å²) in [7, 11) is -3.85. The molecule has 0 spiro atoms. The van der Waals surface area contributed by atoms with E-state index in [1.807, 2.05) is 34.3 Å². The molecule has 0 amide bonds. The fraction of sp³-hybridized carbons (Fsp3) is 0.0500. The van der Waals surface area contributed by atoms with E-state index in [2.05, 4.69) is 4.72 Å². The number of hydrogen-bond acceptors (Lipinski definition) is 4. The molecule has 0 aliphatic carbocycles. The molecule has 28 heavy (non-hydrogen) atoms. The number of aromatic nitrogens is 1. The van der Waals surface area contributed by atoms with Gasteiger partial charge in [-0.25, -0.2) is 8.42 Å². The zero-order valence-corrected chi connectivity index (χ0v) is 16.9. The van der Waals surface area contributed by atoms with E-state index >= 15 is 0 Å². The number of fused-ring (bicyclic) bond motifs is 1. The van der Waals surface area contributed by atoms with Crippen molar-refractivity contribution in [1.82, 2.24) is 3.96 Å². The first kappa shape index (κ1) is 18.7. The van der Waals surface area contributed by atoms with Crippen molar-refractivity contribution in [3.8, 4) is 0 Å². The Balaban J connectivity index is 1.68. The van der Waals surface area contributed by atoms with E-state index < -0.39 is 10.0 Å². The fourth-order valence-corrected chi connectivity index (χ4v) is 5.42. The Morgan fingerprint density at radius 1 is 0.964 bits per heavy atom. The van der Waals surface area contributed by atoms with E-state index in [0.29, 0.717) is 17.6 Å². The summed E-state index contributed by atoms with van der Waals surface area (Å²) in [4.78, 5) is 12.4. The predicted octanol–water partition coefficient (Wildman–Crippen LogP) is 4.57. The number of hydrogen-bond donors (Lipinski definition) is 1. The van der Waals surface area contributed by atoms with Crippen molar-refractivity contribution < 1.29 is 8.42 Å². The number of nitrogens with zero attached hydrogens (tertiary/aromatic N) is 1. The minimum absolute atomic E-state index is 0.0106. The Hall–Kier alpha value is -2.61. The Labute approximate surface area is 171 Å². The molecule has 3 aromatic carbocycles. The van der Waals surface area contributed by atoms with Crippen LogP contribution in [0, 0.1) is 0 Å². The standard InChI is InChI=1S/C20H15ClN2O3S2/c21-17-8-4-5-9-19(17)28(25,26)22-15-10-11-18-16(12-15)20(24)27-23(18)13-14-6-2-1-3-7-14/h1-12,22H,13H2. The quantitative estimate of drug-likeness (QED) is 0.504. The molecule has 0 bridgehead atoms. The number of benzene rings is 3. The summed E-state index contributed by atoms with van der Waals surface area (Å²) in [5.74, 6) is 0. The molecule has 0 saturated carbocycles. The van der Waals surface area contributed by atoms with Crippen LogP contribution >= 0.6 is 23.1 Å². The highest BCUT2D eigenvalue weighted by Crippen LogP contribution is 2.25. The predicted molar refractivity (Wildman–Crippen MR) is 114 cm³/mol. The third-order valence-corrected chi connectivity index (χ3v) is 7.04. The molecule has 0 radical (unpaired) electrons. The molecule has 0 aliphatic heterocycles. The van der Waals surface area contributed by atoms with E-state index in [1.165, 1.54) is 12.1 Å². The highest BCUT2D eigenvalue weighted by molar-refractivity contribution is 7.92. The number of rotatable bonds is 5. The van der Waals surface area contributed by atoms with Crippen molar-refractivity contribution in [3.63, 3.8) is 0 Å². The lowest BCUT2D eigenvalue weighted by Crippen LogP contribution is -2.13. The summed E-state index contributed by atoms with van der Waals surface area (Å²) in [6.45, 7) is 0.578. The van der Waals surface area contributed by atoms with E-state index in [1.54, 1.807) is 30.3 Å². The van der Waals surface area contributed by atoms with Gasteiger partial charge in [-0.1, -0.05) is 54.1 Å². The third kappa shape index (κ3) is 3.69. The van der Waals surface area contributed by atoms with Crippen LogP contribution in [0.3, 0.4) is 0 Å². The van der Waals surface area contributed by atoms with Gasteiger partial charge in [-0.05, 0) is 47.4 Å². The summed E-state index contributed by atoms with van der Waals surface area (Å²) in [6, 6.07) is 21.0. The lowest BCUT2D eigenvalue weighted by Gasteiger charge is -2.10. The largest absolute Gasteiger partial charge is 0.290 e. The van der Waals surface area contributed by atoms with Gasteiger partial charge in [-0.2, -0.15) is 0 Å². The molecule has 4 rings (SSSR count). The minimum atomic E-state index is -3.85. The van der Waals surface area contributed by atoms with Gasteiger partial charge in [0.25, 0.3) is 14.8 Å². The van der Waals surface area contributed by atoms with Crippen molar-refractivity contribution in [3.05, 3.63) is 92.9 Å². The van der Waals surface area contributed by atoms with Gasteiger partial charge >= 0.3 is 0 Å². The molecule has 0 atom stereocenters. The van der Waals surface area contributed by atoms with Crippen LogP contribution in [-0.2, 0) is 16.6 Å². The molecule has 1 N–H and O–H groups in total. The minimum Gasteiger partial charge on any atom is -0.290 e. The first-order valence-corrected chi connectivity index (χ1v) is 11.0. The second-order valence-electron chi connectivity index (χ2n) is 6.17. The van der Waals surface area contributed by atoms with Gasteiger partial charge < -0.3 is 0 Å². The van der Waals surface area contributed by atoms with Gasteiger partial charge in [0.2, 0.25) is 0 Å². The average Bonchev–Trinajstić information content (AvgIpc) is 2.97. The number of anilines is 1. The first-order valence-electron chi connectivity index (χ1n) is 8.39. The average molecular weight is 431 g/mol. The first-order chi connectivity index (χ1) is 13.4. The summed E-state index contributed by atoms with van der Waals surface area (Å²) in [5.41, 5.74) is 2.16. The third-order valence-electron chi connectivity index (χ3n) is 4.23. The van der Waals surface area contributed by atoms with Crippen LogP contribution in [-0.4, -0.2) is 12.4 Å². The fourth-order valence-electron chi connectivity index (χ4n) is 2.92. The van der Waals surface area contributed by atoms with Gasteiger partial charge in [0.1, 0.15) is 4.90 Å².